The summed E-state index contributed by atoms with van der Waals surface area (Å²) >= 11 is 0. The molecule has 3 atom stereocenters. The average Bonchev–Trinajstić information content (AvgIpc) is 2.57. The van der Waals surface area contributed by atoms with Gasteiger partial charge in [-0.25, -0.2) is 0 Å². The van der Waals surface area contributed by atoms with Crippen LogP contribution in [0.5, 0.6) is 0 Å². The number of piperidine rings is 1. The Kier molecular flexibility index (Phi) is 6.34. The molecule has 0 aromatic carbocycles. The second-order valence-electron chi connectivity index (χ2n) is 7.02. The largest absolute Gasteiger partial charge is 0.379 e. The van der Waals surface area contributed by atoms with E-state index in [1.54, 1.807) is 0 Å². The van der Waals surface area contributed by atoms with Crippen LogP contribution in [0.4, 0.5) is 0 Å². The number of morpholine rings is 1. The van der Waals surface area contributed by atoms with Crippen molar-refractivity contribution in [3.8, 4) is 0 Å². The van der Waals surface area contributed by atoms with Crippen LogP contribution in [0.2, 0.25) is 0 Å². The van der Waals surface area contributed by atoms with Gasteiger partial charge in [0, 0.05) is 38.3 Å². The van der Waals surface area contributed by atoms with Gasteiger partial charge in [-0.3, -0.25) is 4.90 Å². The van der Waals surface area contributed by atoms with Crippen molar-refractivity contribution in [1.82, 2.24) is 15.5 Å². The quantitative estimate of drug-likeness (QED) is 0.808. The monoisotopic (exact) mass is 295 g/mol. The van der Waals surface area contributed by atoms with Crippen molar-refractivity contribution in [3.05, 3.63) is 0 Å². The van der Waals surface area contributed by atoms with Gasteiger partial charge < -0.3 is 15.4 Å². The molecule has 0 aromatic rings. The van der Waals surface area contributed by atoms with Crippen molar-refractivity contribution in [2.45, 2.75) is 57.0 Å². The zero-order valence-corrected chi connectivity index (χ0v) is 13.5. The third-order valence-corrected chi connectivity index (χ3v) is 5.62. The van der Waals surface area contributed by atoms with Gasteiger partial charge >= 0.3 is 0 Å². The van der Waals surface area contributed by atoms with E-state index < -0.39 is 0 Å². The molecule has 2 saturated heterocycles. The van der Waals surface area contributed by atoms with Gasteiger partial charge in [0.15, 0.2) is 0 Å². The maximum Gasteiger partial charge on any atom is 0.0594 e. The minimum absolute atomic E-state index is 0.746. The first-order chi connectivity index (χ1) is 10.4. The number of nitrogens with zero attached hydrogens (tertiary/aromatic N) is 1. The van der Waals surface area contributed by atoms with Crippen LogP contribution in [0.1, 0.15) is 44.9 Å². The van der Waals surface area contributed by atoms with Crippen LogP contribution in [0.15, 0.2) is 0 Å². The molecule has 4 nitrogen and oxygen atoms in total. The fourth-order valence-electron chi connectivity index (χ4n) is 4.37. The van der Waals surface area contributed by atoms with Gasteiger partial charge in [-0.2, -0.15) is 0 Å². The highest BCUT2D eigenvalue weighted by Gasteiger charge is 2.32. The average molecular weight is 295 g/mol. The standard InChI is InChI=1S/C17H33N3O/c1-2-6-17(15(5-1)16-7-3-4-8-18-16)19-9-10-20-11-13-21-14-12-20/h15-19H,1-14H2. The minimum atomic E-state index is 0.746. The predicted octanol–water partition coefficient (Wildman–Crippen LogP) is 1.61. The Morgan fingerprint density at radius 3 is 2.62 bits per heavy atom. The lowest BCUT2D eigenvalue weighted by Crippen LogP contribution is -2.52. The first-order valence-electron chi connectivity index (χ1n) is 9.20. The van der Waals surface area contributed by atoms with Crippen molar-refractivity contribution >= 4 is 0 Å². The molecule has 2 N–H and O–H groups in total. The van der Waals surface area contributed by atoms with E-state index in [1.807, 2.05) is 0 Å². The lowest BCUT2D eigenvalue weighted by Gasteiger charge is -2.40. The Morgan fingerprint density at radius 2 is 1.81 bits per heavy atom. The number of ether oxygens (including phenoxy) is 1. The number of hydrogen-bond donors (Lipinski definition) is 2. The molecular weight excluding hydrogens is 262 g/mol. The van der Waals surface area contributed by atoms with Crippen molar-refractivity contribution in [1.29, 1.82) is 0 Å². The molecule has 3 unspecified atom stereocenters. The van der Waals surface area contributed by atoms with Crippen LogP contribution < -0.4 is 10.6 Å². The predicted molar refractivity (Wildman–Crippen MR) is 86.6 cm³/mol. The summed E-state index contributed by atoms with van der Waals surface area (Å²) in [6, 6.07) is 1.52. The van der Waals surface area contributed by atoms with E-state index in [-0.39, 0.29) is 0 Å². The topological polar surface area (TPSA) is 36.5 Å². The molecule has 21 heavy (non-hydrogen) atoms. The highest BCUT2D eigenvalue weighted by atomic mass is 16.5. The third kappa shape index (κ3) is 4.65. The van der Waals surface area contributed by atoms with E-state index in [4.69, 9.17) is 4.74 Å². The maximum absolute atomic E-state index is 5.42. The van der Waals surface area contributed by atoms with Gasteiger partial charge in [0.1, 0.15) is 0 Å². The molecule has 2 heterocycles. The van der Waals surface area contributed by atoms with Crippen LogP contribution in [-0.2, 0) is 4.74 Å². The Hall–Kier alpha value is -0.160. The fraction of sp³-hybridized carbons (Fsp3) is 1.00. The van der Waals surface area contributed by atoms with Crippen LogP contribution >= 0.6 is 0 Å². The molecule has 1 aliphatic carbocycles. The van der Waals surface area contributed by atoms with E-state index in [0.717, 1.165) is 50.8 Å². The lowest BCUT2D eigenvalue weighted by atomic mass is 9.77. The van der Waals surface area contributed by atoms with Gasteiger partial charge in [-0.15, -0.1) is 0 Å². The zero-order valence-electron chi connectivity index (χ0n) is 13.5. The number of rotatable bonds is 5. The molecule has 0 bridgehead atoms. The summed E-state index contributed by atoms with van der Waals surface area (Å²) in [4.78, 5) is 2.53. The maximum atomic E-state index is 5.42. The van der Waals surface area contributed by atoms with E-state index in [1.165, 1.54) is 58.0 Å². The Bertz CT molecular complexity index is 288. The molecule has 3 fully saturated rings. The highest BCUT2D eigenvalue weighted by molar-refractivity contribution is 4.90. The molecule has 0 radical (unpaired) electrons. The van der Waals surface area contributed by atoms with E-state index in [2.05, 4.69) is 15.5 Å². The summed E-state index contributed by atoms with van der Waals surface area (Å²) in [5.74, 6) is 0.865. The highest BCUT2D eigenvalue weighted by Crippen LogP contribution is 2.30. The molecule has 1 saturated carbocycles. The van der Waals surface area contributed by atoms with Crippen molar-refractivity contribution in [2.75, 3.05) is 45.9 Å². The number of nitrogens with one attached hydrogen (secondary N) is 2. The van der Waals surface area contributed by atoms with Gasteiger partial charge in [-0.1, -0.05) is 19.3 Å². The smallest absolute Gasteiger partial charge is 0.0594 e. The molecule has 4 heteroatoms. The van der Waals surface area contributed by atoms with Crippen molar-refractivity contribution < 1.29 is 4.74 Å². The summed E-state index contributed by atoms with van der Waals surface area (Å²) in [5.41, 5.74) is 0. The van der Waals surface area contributed by atoms with Gasteiger partial charge in [0.05, 0.1) is 13.2 Å². The molecule has 3 rings (SSSR count). The van der Waals surface area contributed by atoms with Gasteiger partial charge in [-0.05, 0) is 38.1 Å². The molecule has 2 aliphatic heterocycles. The van der Waals surface area contributed by atoms with Crippen molar-refractivity contribution in [3.63, 3.8) is 0 Å². The molecule has 122 valence electrons. The Balaban J connectivity index is 1.42. The Labute approximate surface area is 130 Å². The fourth-order valence-corrected chi connectivity index (χ4v) is 4.37. The lowest BCUT2D eigenvalue weighted by molar-refractivity contribution is 0.0374. The summed E-state index contributed by atoms with van der Waals surface area (Å²) < 4.78 is 5.42. The first kappa shape index (κ1) is 15.7. The SMILES string of the molecule is C1CCC(C2CCCCC2NCCN2CCOCC2)NC1. The van der Waals surface area contributed by atoms with Crippen molar-refractivity contribution in [2.24, 2.45) is 5.92 Å². The summed E-state index contributed by atoms with van der Waals surface area (Å²) in [6.45, 7) is 7.62. The van der Waals surface area contributed by atoms with E-state index >= 15 is 0 Å². The van der Waals surface area contributed by atoms with E-state index in [9.17, 15) is 0 Å². The summed E-state index contributed by atoms with van der Waals surface area (Å²) in [5, 5.41) is 7.69. The molecule has 0 aromatic heterocycles. The van der Waals surface area contributed by atoms with Crippen LogP contribution in [0.3, 0.4) is 0 Å². The minimum Gasteiger partial charge on any atom is -0.379 e. The van der Waals surface area contributed by atoms with Crippen LogP contribution in [-0.4, -0.2) is 62.9 Å². The molecule has 0 amide bonds. The van der Waals surface area contributed by atoms with Crippen LogP contribution in [0, 0.1) is 5.92 Å². The normalized spacial score (nSPS) is 35.7. The zero-order chi connectivity index (χ0) is 14.3. The first-order valence-corrected chi connectivity index (χ1v) is 9.20. The molecular formula is C17H33N3O. The summed E-state index contributed by atoms with van der Waals surface area (Å²) in [6.07, 6.45) is 9.85. The second kappa shape index (κ2) is 8.47. The summed E-state index contributed by atoms with van der Waals surface area (Å²) in [7, 11) is 0. The van der Waals surface area contributed by atoms with E-state index in [0.29, 0.717) is 0 Å². The molecule has 0 spiro atoms. The van der Waals surface area contributed by atoms with Gasteiger partial charge in [0.25, 0.3) is 0 Å². The van der Waals surface area contributed by atoms with Gasteiger partial charge in [0.2, 0.25) is 0 Å². The molecule has 3 aliphatic rings. The second-order valence-corrected chi connectivity index (χ2v) is 7.02. The number of hydrogen-bond acceptors (Lipinski definition) is 4. The van der Waals surface area contributed by atoms with Crippen LogP contribution in [0.25, 0.3) is 0 Å². The third-order valence-electron chi connectivity index (χ3n) is 5.62. The Morgan fingerprint density at radius 1 is 1.00 bits per heavy atom.